The number of carbonyl (C=O) groups excluding carboxylic acids is 1. The van der Waals surface area contributed by atoms with Gasteiger partial charge >= 0.3 is 5.97 Å². The van der Waals surface area contributed by atoms with E-state index in [0.29, 0.717) is 6.61 Å². The van der Waals surface area contributed by atoms with Crippen LogP contribution in [0, 0.1) is 5.92 Å². The molecule has 0 aromatic heterocycles. The molecule has 1 aromatic carbocycles. The summed E-state index contributed by atoms with van der Waals surface area (Å²) >= 11 is 0. The molecule has 17 heavy (non-hydrogen) atoms. The van der Waals surface area contributed by atoms with Crippen molar-refractivity contribution in [3.05, 3.63) is 29.8 Å². The lowest BCUT2D eigenvalue weighted by Crippen LogP contribution is -2.14. The number of hydrogen-bond acceptors (Lipinski definition) is 3. The Bertz CT molecular complexity index is 360. The fourth-order valence-corrected chi connectivity index (χ4v) is 1.61. The van der Waals surface area contributed by atoms with E-state index >= 15 is 0 Å². The predicted octanol–water partition coefficient (Wildman–Crippen LogP) is 3.17. The Morgan fingerprint density at radius 2 is 2.18 bits per heavy atom. The van der Waals surface area contributed by atoms with Crippen LogP contribution in [0.1, 0.15) is 32.3 Å². The lowest BCUT2D eigenvalue weighted by Gasteiger charge is -2.10. The normalized spacial score (nSPS) is 11.9. The van der Waals surface area contributed by atoms with Crippen LogP contribution >= 0.6 is 0 Å². The topological polar surface area (TPSA) is 35.5 Å². The molecule has 0 radical (unpaired) electrons. The van der Waals surface area contributed by atoms with Gasteiger partial charge in [-0.1, -0.05) is 32.4 Å². The SMILES string of the molecule is CCCC(C)C(=O)OCc1cccc(OC)c1. The number of benzene rings is 1. The minimum Gasteiger partial charge on any atom is -0.497 e. The highest BCUT2D eigenvalue weighted by molar-refractivity contribution is 5.71. The Morgan fingerprint density at radius 3 is 2.82 bits per heavy atom. The van der Waals surface area contributed by atoms with Gasteiger partial charge in [0.25, 0.3) is 0 Å². The minimum atomic E-state index is -0.130. The molecule has 3 heteroatoms. The second-order valence-electron chi connectivity index (χ2n) is 4.15. The summed E-state index contributed by atoms with van der Waals surface area (Å²) in [6, 6.07) is 7.54. The largest absolute Gasteiger partial charge is 0.497 e. The third kappa shape index (κ3) is 4.47. The zero-order chi connectivity index (χ0) is 12.7. The van der Waals surface area contributed by atoms with Gasteiger partial charge in [0, 0.05) is 0 Å². The van der Waals surface area contributed by atoms with E-state index in [2.05, 4.69) is 6.92 Å². The number of rotatable bonds is 6. The van der Waals surface area contributed by atoms with Crippen molar-refractivity contribution in [1.82, 2.24) is 0 Å². The maximum Gasteiger partial charge on any atom is 0.308 e. The van der Waals surface area contributed by atoms with Gasteiger partial charge in [0.2, 0.25) is 0 Å². The zero-order valence-corrected chi connectivity index (χ0v) is 10.7. The van der Waals surface area contributed by atoms with E-state index in [1.807, 2.05) is 31.2 Å². The number of ether oxygens (including phenoxy) is 2. The van der Waals surface area contributed by atoms with Crippen molar-refractivity contribution >= 4 is 5.97 Å². The quantitative estimate of drug-likeness (QED) is 0.712. The van der Waals surface area contributed by atoms with Gasteiger partial charge in [-0.2, -0.15) is 0 Å². The molecule has 3 nitrogen and oxygen atoms in total. The molecule has 0 heterocycles. The third-order valence-electron chi connectivity index (χ3n) is 2.64. The fraction of sp³-hybridized carbons (Fsp3) is 0.500. The van der Waals surface area contributed by atoms with Crippen LogP contribution in [0.5, 0.6) is 5.75 Å². The summed E-state index contributed by atoms with van der Waals surface area (Å²) in [4.78, 5) is 11.6. The number of methoxy groups -OCH3 is 1. The van der Waals surface area contributed by atoms with Gasteiger partial charge < -0.3 is 9.47 Å². The highest BCUT2D eigenvalue weighted by atomic mass is 16.5. The molecule has 0 bridgehead atoms. The Morgan fingerprint density at radius 1 is 1.41 bits per heavy atom. The number of carbonyl (C=O) groups is 1. The van der Waals surface area contributed by atoms with E-state index in [0.717, 1.165) is 24.2 Å². The summed E-state index contributed by atoms with van der Waals surface area (Å²) < 4.78 is 10.4. The van der Waals surface area contributed by atoms with Crippen LogP contribution in [-0.2, 0) is 16.1 Å². The molecule has 0 N–H and O–H groups in total. The monoisotopic (exact) mass is 236 g/mol. The first-order valence-corrected chi connectivity index (χ1v) is 5.97. The lowest BCUT2D eigenvalue weighted by molar-refractivity contribution is -0.149. The Labute approximate surface area is 103 Å². The van der Waals surface area contributed by atoms with Crippen LogP contribution in [0.2, 0.25) is 0 Å². The summed E-state index contributed by atoms with van der Waals surface area (Å²) in [6.45, 7) is 4.27. The Hall–Kier alpha value is -1.51. The maximum atomic E-state index is 11.6. The smallest absolute Gasteiger partial charge is 0.308 e. The third-order valence-corrected chi connectivity index (χ3v) is 2.64. The molecule has 0 aliphatic heterocycles. The van der Waals surface area contributed by atoms with Crippen molar-refractivity contribution in [2.45, 2.75) is 33.3 Å². The average molecular weight is 236 g/mol. The molecule has 0 saturated heterocycles. The summed E-state index contributed by atoms with van der Waals surface area (Å²) in [5.41, 5.74) is 0.946. The summed E-state index contributed by atoms with van der Waals surface area (Å²) in [5.74, 6) is 0.625. The van der Waals surface area contributed by atoms with Gasteiger partial charge in [-0.3, -0.25) is 4.79 Å². The van der Waals surface area contributed by atoms with Crippen molar-refractivity contribution in [3.63, 3.8) is 0 Å². The van der Waals surface area contributed by atoms with Crippen LogP contribution in [0.25, 0.3) is 0 Å². The first-order chi connectivity index (χ1) is 8.17. The number of hydrogen-bond donors (Lipinski definition) is 0. The summed E-state index contributed by atoms with van der Waals surface area (Å²) in [5, 5.41) is 0. The van der Waals surface area contributed by atoms with Crippen molar-refractivity contribution < 1.29 is 14.3 Å². The number of esters is 1. The molecular formula is C14H20O3. The van der Waals surface area contributed by atoms with Gasteiger partial charge in [-0.05, 0) is 24.1 Å². The van der Waals surface area contributed by atoms with Crippen LogP contribution in [0.3, 0.4) is 0 Å². The van der Waals surface area contributed by atoms with E-state index in [-0.39, 0.29) is 11.9 Å². The molecule has 0 aliphatic carbocycles. The average Bonchev–Trinajstić information content (AvgIpc) is 2.36. The lowest BCUT2D eigenvalue weighted by atomic mass is 10.1. The molecule has 0 aliphatic rings. The van der Waals surface area contributed by atoms with E-state index < -0.39 is 0 Å². The van der Waals surface area contributed by atoms with Crippen LogP contribution in [-0.4, -0.2) is 13.1 Å². The Kier molecular flexibility index (Phi) is 5.53. The second kappa shape index (κ2) is 6.94. The molecule has 0 spiro atoms. The zero-order valence-electron chi connectivity index (χ0n) is 10.7. The molecule has 1 atom stereocenters. The maximum absolute atomic E-state index is 11.6. The van der Waals surface area contributed by atoms with Crippen LogP contribution in [0.15, 0.2) is 24.3 Å². The fourth-order valence-electron chi connectivity index (χ4n) is 1.61. The summed E-state index contributed by atoms with van der Waals surface area (Å²) in [6.07, 6.45) is 1.87. The minimum absolute atomic E-state index is 0.0226. The van der Waals surface area contributed by atoms with E-state index in [1.54, 1.807) is 7.11 Å². The molecular weight excluding hydrogens is 216 g/mol. The molecule has 1 unspecified atom stereocenters. The predicted molar refractivity (Wildman–Crippen MR) is 66.9 cm³/mol. The van der Waals surface area contributed by atoms with E-state index in [1.165, 1.54) is 0 Å². The highest BCUT2D eigenvalue weighted by Crippen LogP contribution is 2.14. The van der Waals surface area contributed by atoms with Gasteiger partial charge in [-0.15, -0.1) is 0 Å². The van der Waals surface area contributed by atoms with Crippen LogP contribution in [0.4, 0.5) is 0 Å². The van der Waals surface area contributed by atoms with Crippen molar-refractivity contribution in [1.29, 1.82) is 0 Å². The Balaban J connectivity index is 2.46. The highest BCUT2D eigenvalue weighted by Gasteiger charge is 2.13. The first kappa shape index (κ1) is 13.6. The van der Waals surface area contributed by atoms with Gasteiger partial charge in [0.15, 0.2) is 0 Å². The molecule has 1 aromatic rings. The van der Waals surface area contributed by atoms with Crippen molar-refractivity contribution in [2.75, 3.05) is 7.11 Å². The molecule has 1 rings (SSSR count). The van der Waals surface area contributed by atoms with Crippen LogP contribution < -0.4 is 4.74 Å². The molecule has 0 fully saturated rings. The van der Waals surface area contributed by atoms with Gasteiger partial charge in [0.05, 0.1) is 13.0 Å². The first-order valence-electron chi connectivity index (χ1n) is 5.97. The van der Waals surface area contributed by atoms with E-state index in [9.17, 15) is 4.79 Å². The van der Waals surface area contributed by atoms with Crippen molar-refractivity contribution in [3.8, 4) is 5.75 Å². The standard InChI is InChI=1S/C14H20O3/c1-4-6-11(2)14(15)17-10-12-7-5-8-13(9-12)16-3/h5,7-9,11H,4,6,10H2,1-3H3. The van der Waals surface area contributed by atoms with E-state index in [4.69, 9.17) is 9.47 Å². The molecule has 0 amide bonds. The summed E-state index contributed by atoms with van der Waals surface area (Å²) in [7, 11) is 1.62. The molecule has 94 valence electrons. The molecule has 0 saturated carbocycles. The van der Waals surface area contributed by atoms with Crippen molar-refractivity contribution in [2.24, 2.45) is 5.92 Å². The van der Waals surface area contributed by atoms with Gasteiger partial charge in [0.1, 0.15) is 12.4 Å². The van der Waals surface area contributed by atoms with Gasteiger partial charge in [-0.25, -0.2) is 0 Å². The second-order valence-corrected chi connectivity index (χ2v) is 4.15.